The highest BCUT2D eigenvalue weighted by Crippen LogP contribution is 2.30. The number of anilines is 1. The van der Waals surface area contributed by atoms with Gasteiger partial charge < -0.3 is 10.2 Å². The summed E-state index contributed by atoms with van der Waals surface area (Å²) in [4.78, 5) is 14.2. The second-order valence-electron chi connectivity index (χ2n) is 4.75. The summed E-state index contributed by atoms with van der Waals surface area (Å²) in [5.41, 5.74) is 0.433. The van der Waals surface area contributed by atoms with E-state index in [4.69, 9.17) is 0 Å². The van der Waals surface area contributed by atoms with Crippen molar-refractivity contribution in [2.24, 2.45) is 5.92 Å². The van der Waals surface area contributed by atoms with E-state index >= 15 is 0 Å². The molecule has 0 saturated heterocycles. The Kier molecular flexibility index (Phi) is 4.12. The van der Waals surface area contributed by atoms with Gasteiger partial charge in [-0.05, 0) is 37.3 Å². The van der Waals surface area contributed by atoms with E-state index in [1.54, 1.807) is 19.2 Å². The number of nitrogens with zero attached hydrogens (tertiary/aromatic N) is 3. The molecule has 1 saturated carbocycles. The van der Waals surface area contributed by atoms with E-state index in [0.29, 0.717) is 17.4 Å². The van der Waals surface area contributed by atoms with E-state index in [2.05, 4.69) is 22.4 Å². The van der Waals surface area contributed by atoms with Gasteiger partial charge in [-0.25, -0.2) is 0 Å². The molecule has 5 nitrogen and oxygen atoms in total. The van der Waals surface area contributed by atoms with Gasteiger partial charge in [0.05, 0.1) is 0 Å². The zero-order valence-corrected chi connectivity index (χ0v) is 11.0. The highest BCUT2D eigenvalue weighted by atomic mass is 16.2. The van der Waals surface area contributed by atoms with Crippen LogP contribution in [0.4, 0.5) is 5.82 Å². The van der Waals surface area contributed by atoms with Gasteiger partial charge in [0.15, 0.2) is 5.69 Å². The summed E-state index contributed by atoms with van der Waals surface area (Å²) >= 11 is 0. The first-order valence-electron chi connectivity index (χ1n) is 6.55. The van der Waals surface area contributed by atoms with Crippen molar-refractivity contribution in [1.29, 1.82) is 0 Å². The van der Waals surface area contributed by atoms with Gasteiger partial charge in [-0.2, -0.15) is 0 Å². The molecule has 0 aromatic carbocycles. The van der Waals surface area contributed by atoms with E-state index in [-0.39, 0.29) is 5.91 Å². The number of amides is 1. The summed E-state index contributed by atoms with van der Waals surface area (Å²) in [6.45, 7) is 3.75. The number of rotatable bonds is 6. The van der Waals surface area contributed by atoms with Crippen molar-refractivity contribution in [3.8, 4) is 0 Å². The minimum atomic E-state index is -0.00102. The topological polar surface area (TPSA) is 58.1 Å². The lowest BCUT2D eigenvalue weighted by molar-refractivity contribution is 0.0740. The van der Waals surface area contributed by atoms with Gasteiger partial charge >= 0.3 is 0 Å². The monoisotopic (exact) mass is 248 g/mol. The van der Waals surface area contributed by atoms with E-state index in [1.165, 1.54) is 12.8 Å². The molecule has 0 unspecified atom stereocenters. The smallest absolute Gasteiger partial charge is 0.274 e. The first kappa shape index (κ1) is 12.8. The molecule has 1 aromatic heterocycles. The lowest BCUT2D eigenvalue weighted by Gasteiger charge is -2.21. The Balaban J connectivity index is 2.05. The van der Waals surface area contributed by atoms with Crippen molar-refractivity contribution in [2.75, 3.05) is 25.5 Å². The van der Waals surface area contributed by atoms with Crippen molar-refractivity contribution < 1.29 is 4.79 Å². The Morgan fingerprint density at radius 3 is 2.72 bits per heavy atom. The Morgan fingerprint density at radius 1 is 1.44 bits per heavy atom. The molecule has 1 amide bonds. The van der Waals surface area contributed by atoms with Crippen LogP contribution in [-0.4, -0.2) is 41.1 Å². The van der Waals surface area contributed by atoms with Crippen molar-refractivity contribution in [2.45, 2.75) is 26.2 Å². The zero-order chi connectivity index (χ0) is 13.0. The summed E-state index contributed by atoms with van der Waals surface area (Å²) < 4.78 is 0. The van der Waals surface area contributed by atoms with Gasteiger partial charge in [0.1, 0.15) is 5.82 Å². The van der Waals surface area contributed by atoms with Crippen LogP contribution in [0.5, 0.6) is 0 Å². The molecular weight excluding hydrogens is 228 g/mol. The number of carbonyl (C=O) groups excluding carboxylic acids is 1. The Morgan fingerprint density at radius 2 is 2.22 bits per heavy atom. The number of carbonyl (C=O) groups is 1. The first-order valence-corrected chi connectivity index (χ1v) is 6.55. The normalized spacial score (nSPS) is 14.3. The highest BCUT2D eigenvalue weighted by molar-refractivity contribution is 5.92. The molecule has 0 aliphatic heterocycles. The second-order valence-corrected chi connectivity index (χ2v) is 4.75. The number of aromatic nitrogens is 2. The molecule has 0 spiro atoms. The van der Waals surface area contributed by atoms with Gasteiger partial charge in [0.25, 0.3) is 5.91 Å². The molecule has 0 bridgehead atoms. The molecule has 1 aliphatic rings. The number of hydrogen-bond acceptors (Lipinski definition) is 4. The maximum Gasteiger partial charge on any atom is 0.274 e. The van der Waals surface area contributed by atoms with Gasteiger partial charge in [-0.1, -0.05) is 6.92 Å². The number of hydrogen-bond donors (Lipinski definition) is 1. The fraction of sp³-hybridized carbons (Fsp3) is 0.615. The Bertz CT molecular complexity index is 400. The number of nitrogens with one attached hydrogen (secondary N) is 1. The predicted molar refractivity (Wildman–Crippen MR) is 70.5 cm³/mol. The molecule has 0 radical (unpaired) electrons. The van der Waals surface area contributed by atoms with Crippen molar-refractivity contribution in [3.63, 3.8) is 0 Å². The van der Waals surface area contributed by atoms with Gasteiger partial charge in [0.2, 0.25) is 0 Å². The van der Waals surface area contributed by atoms with Crippen molar-refractivity contribution in [1.82, 2.24) is 15.1 Å². The summed E-state index contributed by atoms with van der Waals surface area (Å²) in [5.74, 6) is 1.37. The van der Waals surface area contributed by atoms with Crippen LogP contribution < -0.4 is 5.32 Å². The van der Waals surface area contributed by atoms with Gasteiger partial charge in [-0.15, -0.1) is 10.2 Å². The van der Waals surface area contributed by atoms with Gasteiger partial charge in [0, 0.05) is 20.1 Å². The molecule has 1 N–H and O–H groups in total. The average Bonchev–Trinajstić information content (AvgIpc) is 3.21. The van der Waals surface area contributed by atoms with Crippen LogP contribution in [0, 0.1) is 5.92 Å². The van der Waals surface area contributed by atoms with E-state index in [0.717, 1.165) is 19.5 Å². The molecule has 1 aliphatic carbocycles. The fourth-order valence-corrected chi connectivity index (χ4v) is 1.90. The van der Waals surface area contributed by atoms with Crippen LogP contribution in [0.3, 0.4) is 0 Å². The fourth-order valence-electron chi connectivity index (χ4n) is 1.90. The maximum atomic E-state index is 12.3. The molecular formula is C13H20N4O. The molecule has 5 heteroatoms. The summed E-state index contributed by atoms with van der Waals surface area (Å²) in [6.07, 6.45) is 3.47. The summed E-state index contributed by atoms with van der Waals surface area (Å²) in [7, 11) is 1.78. The molecule has 2 rings (SSSR count). The summed E-state index contributed by atoms with van der Waals surface area (Å²) in [6, 6.07) is 3.51. The van der Waals surface area contributed by atoms with E-state index in [1.807, 2.05) is 4.90 Å². The standard InChI is InChI=1S/C13H20N4O/c1-3-8-17(9-10-4-5-10)13(18)11-6-7-12(14-2)16-15-11/h6-7,10H,3-5,8-9H2,1-2H3,(H,14,16). The van der Waals surface area contributed by atoms with Crippen LogP contribution in [0.2, 0.25) is 0 Å². The SMILES string of the molecule is CCCN(CC1CC1)C(=O)c1ccc(NC)nn1. The van der Waals surface area contributed by atoms with Gasteiger partial charge in [-0.3, -0.25) is 4.79 Å². The molecule has 98 valence electrons. The third-order valence-corrected chi connectivity index (χ3v) is 3.10. The first-order chi connectivity index (χ1) is 8.74. The van der Waals surface area contributed by atoms with Crippen LogP contribution in [0.15, 0.2) is 12.1 Å². The van der Waals surface area contributed by atoms with Crippen LogP contribution in [0.25, 0.3) is 0 Å². The van der Waals surface area contributed by atoms with E-state index in [9.17, 15) is 4.79 Å². The predicted octanol–water partition coefficient (Wildman–Crippen LogP) is 1.78. The van der Waals surface area contributed by atoms with Crippen molar-refractivity contribution >= 4 is 11.7 Å². The van der Waals surface area contributed by atoms with Crippen LogP contribution >= 0.6 is 0 Å². The Hall–Kier alpha value is -1.65. The molecule has 1 fully saturated rings. The Labute approximate surface area is 108 Å². The molecule has 1 heterocycles. The average molecular weight is 248 g/mol. The minimum absolute atomic E-state index is 0.00102. The lowest BCUT2D eigenvalue weighted by atomic mass is 10.2. The largest absolute Gasteiger partial charge is 0.372 e. The van der Waals surface area contributed by atoms with Crippen LogP contribution in [-0.2, 0) is 0 Å². The minimum Gasteiger partial charge on any atom is -0.372 e. The highest BCUT2D eigenvalue weighted by Gasteiger charge is 2.27. The van der Waals surface area contributed by atoms with E-state index < -0.39 is 0 Å². The molecule has 1 aromatic rings. The second kappa shape index (κ2) is 5.80. The zero-order valence-electron chi connectivity index (χ0n) is 11.0. The lowest BCUT2D eigenvalue weighted by Crippen LogP contribution is -2.34. The summed E-state index contributed by atoms with van der Waals surface area (Å²) in [5, 5.41) is 10.8. The van der Waals surface area contributed by atoms with Crippen molar-refractivity contribution in [3.05, 3.63) is 17.8 Å². The van der Waals surface area contributed by atoms with Crippen LogP contribution in [0.1, 0.15) is 36.7 Å². The quantitative estimate of drug-likeness (QED) is 0.833. The third-order valence-electron chi connectivity index (χ3n) is 3.10. The molecule has 18 heavy (non-hydrogen) atoms. The molecule has 0 atom stereocenters. The third kappa shape index (κ3) is 3.18. The maximum absolute atomic E-state index is 12.3.